The van der Waals surface area contributed by atoms with E-state index in [1.165, 1.54) is 12.5 Å². The van der Waals surface area contributed by atoms with E-state index in [4.69, 9.17) is 0 Å². The van der Waals surface area contributed by atoms with Crippen LogP contribution in [0.2, 0.25) is 0 Å². The number of hydrogen-bond donors (Lipinski definition) is 1. The van der Waals surface area contributed by atoms with Gasteiger partial charge < -0.3 is 5.11 Å². The van der Waals surface area contributed by atoms with Crippen molar-refractivity contribution in [1.82, 2.24) is 0 Å². The van der Waals surface area contributed by atoms with Crippen LogP contribution >= 0.6 is 31.9 Å². The zero-order valence-electron chi connectivity index (χ0n) is 10.5. The van der Waals surface area contributed by atoms with Gasteiger partial charge in [0.25, 0.3) is 0 Å². The van der Waals surface area contributed by atoms with Crippen LogP contribution in [0, 0.1) is 6.92 Å². The number of aromatic carboxylic acids is 1. The van der Waals surface area contributed by atoms with E-state index in [2.05, 4.69) is 31.9 Å². The summed E-state index contributed by atoms with van der Waals surface area (Å²) >= 11 is 6.40. The average Bonchev–Trinajstić information content (AvgIpc) is 2.25. The molecule has 1 aromatic carbocycles. The Kier molecular flexibility index (Phi) is 4.46. The Morgan fingerprint density at radius 1 is 1.26 bits per heavy atom. The number of carbonyl (C=O) groups is 2. The summed E-state index contributed by atoms with van der Waals surface area (Å²) in [6.45, 7) is 1.78. The van der Waals surface area contributed by atoms with Gasteiger partial charge in [-0.1, -0.05) is 44.3 Å². The molecule has 5 heteroatoms. The Morgan fingerprint density at radius 3 is 2.32 bits per heavy atom. The molecular formula is C14H14Br2O3. The summed E-state index contributed by atoms with van der Waals surface area (Å²) in [7, 11) is 0. The fourth-order valence-electron chi connectivity index (χ4n) is 2.35. The van der Waals surface area contributed by atoms with Crippen molar-refractivity contribution >= 4 is 43.6 Å². The highest BCUT2D eigenvalue weighted by atomic mass is 79.9. The van der Waals surface area contributed by atoms with Crippen molar-refractivity contribution in [3.63, 3.8) is 0 Å². The van der Waals surface area contributed by atoms with Crippen LogP contribution in [-0.2, 0) is 0 Å². The van der Waals surface area contributed by atoms with E-state index < -0.39 is 9.71 Å². The monoisotopic (exact) mass is 388 g/mol. The number of carboxylic acid groups (broad SMARTS) is 1. The highest BCUT2D eigenvalue weighted by molar-refractivity contribution is 9.25. The lowest BCUT2D eigenvalue weighted by atomic mass is 9.76. The van der Waals surface area contributed by atoms with Crippen molar-refractivity contribution in [2.24, 2.45) is 0 Å². The molecule has 1 aromatic rings. The molecule has 0 spiro atoms. The lowest BCUT2D eigenvalue weighted by Gasteiger charge is -2.28. The van der Waals surface area contributed by atoms with Gasteiger partial charge in [-0.2, -0.15) is 0 Å². The molecule has 2 rings (SSSR count). The van der Waals surface area contributed by atoms with Crippen LogP contribution in [0.1, 0.15) is 57.0 Å². The minimum atomic E-state index is -0.993. The van der Waals surface area contributed by atoms with E-state index in [0.717, 1.165) is 18.4 Å². The zero-order chi connectivity index (χ0) is 14.2. The fourth-order valence-corrected chi connectivity index (χ4v) is 2.84. The maximum absolute atomic E-state index is 12.2. The summed E-state index contributed by atoms with van der Waals surface area (Å²) in [5.74, 6) is -0.726. The maximum Gasteiger partial charge on any atom is 0.335 e. The van der Waals surface area contributed by atoms with E-state index >= 15 is 0 Å². The number of hydrogen-bond acceptors (Lipinski definition) is 2. The smallest absolute Gasteiger partial charge is 0.335 e. The van der Waals surface area contributed by atoms with Crippen LogP contribution in [0.3, 0.4) is 0 Å². The number of rotatable bonds is 4. The van der Waals surface area contributed by atoms with Crippen molar-refractivity contribution in [3.05, 3.63) is 34.4 Å². The molecule has 102 valence electrons. The lowest BCUT2D eigenvalue weighted by molar-refractivity contribution is 0.0696. The maximum atomic E-state index is 12.2. The Balaban J connectivity index is 2.55. The van der Waals surface area contributed by atoms with Crippen LogP contribution < -0.4 is 0 Å². The predicted molar refractivity (Wildman–Crippen MR) is 80.7 cm³/mol. The van der Waals surface area contributed by atoms with Crippen molar-refractivity contribution in [2.75, 3.05) is 0 Å². The van der Waals surface area contributed by atoms with Gasteiger partial charge in [-0.3, -0.25) is 4.79 Å². The fraction of sp³-hybridized carbons (Fsp3) is 0.429. The number of carboxylic acids is 1. The molecule has 0 aromatic heterocycles. The van der Waals surface area contributed by atoms with Crippen LogP contribution in [0.15, 0.2) is 12.1 Å². The van der Waals surface area contributed by atoms with Crippen molar-refractivity contribution in [2.45, 2.75) is 35.8 Å². The Morgan fingerprint density at radius 2 is 1.89 bits per heavy atom. The van der Waals surface area contributed by atoms with Crippen LogP contribution in [0.5, 0.6) is 0 Å². The molecule has 1 aliphatic rings. The normalized spacial score (nSPS) is 15.4. The standard InChI is InChI=1S/C14H14Br2O3/c1-7-5-10(8-3-2-4-8)11(12(17)13(15)16)6-9(7)14(18)19/h5-6,8,13H,2-4H2,1H3,(H,18,19). The second kappa shape index (κ2) is 5.75. The average molecular weight is 390 g/mol. The van der Waals surface area contributed by atoms with E-state index in [1.54, 1.807) is 6.92 Å². The second-order valence-electron chi connectivity index (χ2n) is 4.85. The number of Topliss-reactive ketones (excluding diaryl/α,β-unsaturated/α-hetero) is 1. The molecule has 1 aliphatic carbocycles. The van der Waals surface area contributed by atoms with Gasteiger partial charge in [-0.15, -0.1) is 0 Å². The molecule has 0 heterocycles. The van der Waals surface area contributed by atoms with Gasteiger partial charge in [0.05, 0.1) is 5.56 Å². The summed E-state index contributed by atoms with van der Waals surface area (Å²) in [6, 6.07) is 3.38. The predicted octanol–water partition coefficient (Wildman–Crippen LogP) is 4.26. The topological polar surface area (TPSA) is 54.4 Å². The quantitative estimate of drug-likeness (QED) is 0.618. The van der Waals surface area contributed by atoms with Gasteiger partial charge >= 0.3 is 5.97 Å². The van der Waals surface area contributed by atoms with E-state index in [1.807, 2.05) is 6.07 Å². The Bertz CT molecular complexity index is 534. The largest absolute Gasteiger partial charge is 0.478 e. The van der Waals surface area contributed by atoms with Crippen LogP contribution in [0.25, 0.3) is 0 Å². The van der Waals surface area contributed by atoms with Crippen molar-refractivity contribution in [3.8, 4) is 0 Å². The first kappa shape index (κ1) is 14.7. The molecular weight excluding hydrogens is 376 g/mol. The van der Waals surface area contributed by atoms with Gasteiger partial charge in [-0.05, 0) is 42.9 Å². The molecule has 1 fully saturated rings. The van der Waals surface area contributed by atoms with E-state index in [9.17, 15) is 14.7 Å². The van der Waals surface area contributed by atoms with Gasteiger partial charge in [0.15, 0.2) is 5.78 Å². The Hall–Kier alpha value is -0.680. The summed E-state index contributed by atoms with van der Waals surface area (Å²) in [6.07, 6.45) is 3.31. The van der Waals surface area contributed by atoms with Gasteiger partial charge in [0.1, 0.15) is 3.74 Å². The third kappa shape index (κ3) is 2.92. The molecule has 0 bridgehead atoms. The molecule has 0 atom stereocenters. The molecule has 0 saturated heterocycles. The molecule has 0 unspecified atom stereocenters. The first-order valence-corrected chi connectivity index (χ1v) is 7.95. The third-order valence-corrected chi connectivity index (χ3v) is 4.47. The van der Waals surface area contributed by atoms with Gasteiger partial charge in [0.2, 0.25) is 0 Å². The molecule has 0 aliphatic heterocycles. The van der Waals surface area contributed by atoms with E-state index in [-0.39, 0.29) is 11.3 Å². The molecule has 0 amide bonds. The zero-order valence-corrected chi connectivity index (χ0v) is 13.6. The number of benzene rings is 1. The van der Waals surface area contributed by atoms with Gasteiger partial charge in [0, 0.05) is 5.56 Å². The molecule has 1 saturated carbocycles. The van der Waals surface area contributed by atoms with Crippen molar-refractivity contribution < 1.29 is 14.7 Å². The van der Waals surface area contributed by atoms with Gasteiger partial charge in [-0.25, -0.2) is 4.79 Å². The second-order valence-corrected chi connectivity index (χ2v) is 7.91. The SMILES string of the molecule is Cc1cc(C2CCC2)c(C(=O)C(Br)Br)cc1C(=O)O. The lowest BCUT2D eigenvalue weighted by Crippen LogP contribution is -2.18. The summed E-state index contributed by atoms with van der Waals surface area (Å²) in [5, 5.41) is 9.18. The molecule has 1 N–H and O–H groups in total. The van der Waals surface area contributed by atoms with E-state index in [0.29, 0.717) is 17.0 Å². The number of halogens is 2. The molecule has 3 nitrogen and oxygen atoms in total. The number of carbonyl (C=O) groups excluding carboxylic acids is 1. The number of aryl methyl sites for hydroxylation is 1. The summed E-state index contributed by atoms with van der Waals surface area (Å²) in [5.41, 5.74) is 2.42. The highest BCUT2D eigenvalue weighted by Crippen LogP contribution is 2.39. The molecule has 19 heavy (non-hydrogen) atoms. The number of alkyl halides is 2. The number of ketones is 1. The minimum Gasteiger partial charge on any atom is -0.478 e. The minimum absolute atomic E-state index is 0.121. The summed E-state index contributed by atoms with van der Waals surface area (Å²) < 4.78 is -0.483. The van der Waals surface area contributed by atoms with Crippen molar-refractivity contribution in [1.29, 1.82) is 0 Å². The first-order valence-electron chi connectivity index (χ1n) is 6.12. The third-order valence-electron chi connectivity index (χ3n) is 3.64. The summed E-state index contributed by atoms with van der Waals surface area (Å²) in [4.78, 5) is 23.4. The van der Waals surface area contributed by atoms with Crippen LogP contribution in [-0.4, -0.2) is 20.6 Å². The Labute approximate surface area is 128 Å². The molecule has 0 radical (unpaired) electrons. The highest BCUT2D eigenvalue weighted by Gasteiger charge is 2.28. The first-order chi connectivity index (χ1) is 8.91. The van der Waals surface area contributed by atoms with Crippen LogP contribution in [0.4, 0.5) is 0 Å².